The van der Waals surface area contributed by atoms with Gasteiger partial charge in [0.05, 0.1) is 6.61 Å². The third-order valence-corrected chi connectivity index (χ3v) is 5.78. The summed E-state index contributed by atoms with van der Waals surface area (Å²) in [6.45, 7) is 2.60. The van der Waals surface area contributed by atoms with Gasteiger partial charge in [0, 0.05) is 31.5 Å². The lowest BCUT2D eigenvalue weighted by molar-refractivity contribution is -0.134. The van der Waals surface area contributed by atoms with Crippen molar-refractivity contribution in [1.82, 2.24) is 10.2 Å². The van der Waals surface area contributed by atoms with Crippen molar-refractivity contribution in [3.8, 4) is 5.75 Å². The maximum Gasteiger partial charge on any atom is 0.224 e. The van der Waals surface area contributed by atoms with E-state index in [-0.39, 0.29) is 0 Å². The van der Waals surface area contributed by atoms with E-state index in [9.17, 15) is 4.79 Å². The lowest BCUT2D eigenvalue weighted by Crippen LogP contribution is -2.41. The summed E-state index contributed by atoms with van der Waals surface area (Å²) in [6, 6.07) is 7.27. The molecule has 2 heterocycles. The van der Waals surface area contributed by atoms with E-state index in [4.69, 9.17) is 4.74 Å². The van der Waals surface area contributed by atoms with Gasteiger partial charge in [-0.2, -0.15) is 0 Å². The molecule has 24 heavy (non-hydrogen) atoms. The number of nitrogens with one attached hydrogen (secondary N) is 1. The standard InChI is InChI=1S/C20H28N2O2/c23-20(13-17-4-3-10-21-17)22(18-5-1-2-6-18)14-15-7-8-19-16(12-15)9-11-24-19/h7-8,12,17-18,21H,1-6,9-11,13-14H2. The molecule has 1 aromatic rings. The molecule has 0 radical (unpaired) electrons. The summed E-state index contributed by atoms with van der Waals surface area (Å²) in [5.74, 6) is 1.35. The first kappa shape index (κ1) is 15.9. The average molecular weight is 328 g/mol. The predicted molar refractivity (Wildman–Crippen MR) is 94.1 cm³/mol. The van der Waals surface area contributed by atoms with E-state index in [1.807, 2.05) is 0 Å². The van der Waals surface area contributed by atoms with Gasteiger partial charge >= 0.3 is 0 Å². The molecule has 4 heteroatoms. The van der Waals surface area contributed by atoms with Crippen LogP contribution in [-0.4, -0.2) is 36.0 Å². The van der Waals surface area contributed by atoms with Crippen LogP contribution in [0, 0.1) is 0 Å². The molecule has 4 rings (SSSR count). The van der Waals surface area contributed by atoms with E-state index >= 15 is 0 Å². The van der Waals surface area contributed by atoms with Crippen molar-refractivity contribution in [3.05, 3.63) is 29.3 Å². The maximum atomic E-state index is 13.0. The van der Waals surface area contributed by atoms with Gasteiger partial charge in [-0.15, -0.1) is 0 Å². The van der Waals surface area contributed by atoms with Crippen molar-refractivity contribution >= 4 is 5.91 Å². The first-order chi connectivity index (χ1) is 11.8. The Balaban J connectivity index is 1.48. The minimum atomic E-state index is 0.332. The highest BCUT2D eigenvalue weighted by atomic mass is 16.5. The van der Waals surface area contributed by atoms with Gasteiger partial charge in [0.2, 0.25) is 5.91 Å². The zero-order valence-corrected chi connectivity index (χ0v) is 14.4. The number of nitrogens with zero attached hydrogens (tertiary/aromatic N) is 1. The van der Waals surface area contributed by atoms with Crippen LogP contribution in [-0.2, 0) is 17.8 Å². The quantitative estimate of drug-likeness (QED) is 0.903. The molecule has 0 aromatic heterocycles. The third-order valence-electron chi connectivity index (χ3n) is 5.78. The van der Waals surface area contributed by atoms with Gasteiger partial charge in [-0.05, 0) is 49.4 Å². The summed E-state index contributed by atoms with van der Waals surface area (Å²) in [5.41, 5.74) is 2.54. The van der Waals surface area contributed by atoms with Crippen molar-refractivity contribution in [2.45, 2.75) is 70.0 Å². The fraction of sp³-hybridized carbons (Fsp3) is 0.650. The molecular formula is C20H28N2O2. The smallest absolute Gasteiger partial charge is 0.224 e. The van der Waals surface area contributed by atoms with E-state index in [0.717, 1.165) is 51.1 Å². The van der Waals surface area contributed by atoms with Crippen LogP contribution in [0.5, 0.6) is 5.75 Å². The molecule has 0 bridgehead atoms. The minimum absolute atomic E-state index is 0.332. The molecular weight excluding hydrogens is 300 g/mol. The van der Waals surface area contributed by atoms with Crippen molar-refractivity contribution in [2.75, 3.05) is 13.2 Å². The number of amides is 1. The monoisotopic (exact) mass is 328 g/mol. The van der Waals surface area contributed by atoms with Crippen LogP contribution in [0.15, 0.2) is 18.2 Å². The van der Waals surface area contributed by atoms with Gasteiger partial charge in [0.25, 0.3) is 0 Å². The second-order valence-corrected chi connectivity index (χ2v) is 7.50. The third kappa shape index (κ3) is 3.44. The zero-order valence-electron chi connectivity index (χ0n) is 14.4. The number of hydrogen-bond acceptors (Lipinski definition) is 3. The number of carbonyl (C=O) groups excluding carboxylic acids is 1. The number of rotatable bonds is 5. The molecule has 1 saturated heterocycles. The van der Waals surface area contributed by atoms with Gasteiger partial charge in [-0.25, -0.2) is 0 Å². The van der Waals surface area contributed by atoms with E-state index in [1.165, 1.54) is 30.4 Å². The molecule has 1 aromatic carbocycles. The first-order valence-corrected chi connectivity index (χ1v) is 9.57. The number of carbonyl (C=O) groups is 1. The zero-order chi connectivity index (χ0) is 16.4. The molecule has 1 amide bonds. The van der Waals surface area contributed by atoms with Crippen molar-refractivity contribution in [3.63, 3.8) is 0 Å². The summed E-state index contributed by atoms with van der Waals surface area (Å²) in [4.78, 5) is 15.2. The molecule has 2 aliphatic heterocycles. The lowest BCUT2D eigenvalue weighted by atomic mass is 10.1. The largest absolute Gasteiger partial charge is 0.493 e. The van der Waals surface area contributed by atoms with Crippen LogP contribution in [0.25, 0.3) is 0 Å². The van der Waals surface area contributed by atoms with Crippen molar-refractivity contribution in [1.29, 1.82) is 0 Å². The van der Waals surface area contributed by atoms with E-state index < -0.39 is 0 Å². The topological polar surface area (TPSA) is 41.6 Å². The molecule has 1 atom stereocenters. The highest BCUT2D eigenvalue weighted by molar-refractivity contribution is 5.77. The molecule has 0 spiro atoms. The van der Waals surface area contributed by atoms with Crippen LogP contribution in [0.3, 0.4) is 0 Å². The van der Waals surface area contributed by atoms with Crippen molar-refractivity contribution in [2.24, 2.45) is 0 Å². The van der Waals surface area contributed by atoms with Gasteiger partial charge in [0.1, 0.15) is 5.75 Å². The normalized spacial score (nSPS) is 23.2. The number of hydrogen-bond donors (Lipinski definition) is 1. The van der Waals surface area contributed by atoms with Gasteiger partial charge in [0.15, 0.2) is 0 Å². The molecule has 3 aliphatic rings. The molecule has 2 fully saturated rings. The molecule has 130 valence electrons. The molecule has 1 saturated carbocycles. The first-order valence-electron chi connectivity index (χ1n) is 9.57. The summed E-state index contributed by atoms with van der Waals surface area (Å²) >= 11 is 0. The van der Waals surface area contributed by atoms with Crippen LogP contribution in [0.4, 0.5) is 0 Å². The molecule has 1 aliphatic carbocycles. The fourth-order valence-electron chi connectivity index (χ4n) is 4.43. The molecule has 1 unspecified atom stereocenters. The number of fused-ring (bicyclic) bond motifs is 1. The molecule has 4 nitrogen and oxygen atoms in total. The Bertz CT molecular complexity index is 589. The van der Waals surface area contributed by atoms with Crippen LogP contribution >= 0.6 is 0 Å². The Labute approximate surface area is 144 Å². The Morgan fingerprint density at radius 3 is 2.88 bits per heavy atom. The molecule has 1 N–H and O–H groups in total. The average Bonchev–Trinajstić information content (AvgIpc) is 3.33. The fourth-order valence-corrected chi connectivity index (χ4v) is 4.43. The van der Waals surface area contributed by atoms with E-state index in [1.54, 1.807) is 0 Å². The number of benzene rings is 1. The minimum Gasteiger partial charge on any atom is -0.493 e. The van der Waals surface area contributed by atoms with Gasteiger partial charge in [-0.1, -0.05) is 25.0 Å². The summed E-state index contributed by atoms with van der Waals surface area (Å²) in [7, 11) is 0. The predicted octanol–water partition coefficient (Wildman–Crippen LogP) is 3.03. The van der Waals surface area contributed by atoms with Crippen LogP contribution in [0.1, 0.15) is 56.1 Å². The van der Waals surface area contributed by atoms with Crippen molar-refractivity contribution < 1.29 is 9.53 Å². The van der Waals surface area contributed by atoms with Crippen LogP contribution < -0.4 is 10.1 Å². The Morgan fingerprint density at radius 1 is 1.21 bits per heavy atom. The summed E-state index contributed by atoms with van der Waals surface area (Å²) < 4.78 is 5.61. The second-order valence-electron chi connectivity index (χ2n) is 7.50. The number of ether oxygens (including phenoxy) is 1. The Hall–Kier alpha value is -1.55. The van der Waals surface area contributed by atoms with Gasteiger partial charge < -0.3 is 15.0 Å². The highest BCUT2D eigenvalue weighted by Gasteiger charge is 2.29. The van der Waals surface area contributed by atoms with Crippen LogP contribution in [0.2, 0.25) is 0 Å². The Kier molecular flexibility index (Phi) is 4.74. The summed E-state index contributed by atoms with van der Waals surface area (Å²) in [6.07, 6.45) is 8.84. The maximum absolute atomic E-state index is 13.0. The Morgan fingerprint density at radius 2 is 2.08 bits per heavy atom. The summed E-state index contributed by atoms with van der Waals surface area (Å²) in [5, 5.41) is 3.47. The van der Waals surface area contributed by atoms with E-state index in [0.29, 0.717) is 24.4 Å². The van der Waals surface area contributed by atoms with Gasteiger partial charge in [-0.3, -0.25) is 4.79 Å². The lowest BCUT2D eigenvalue weighted by Gasteiger charge is -2.30. The van der Waals surface area contributed by atoms with E-state index in [2.05, 4.69) is 28.4 Å². The highest BCUT2D eigenvalue weighted by Crippen LogP contribution is 2.29. The second kappa shape index (κ2) is 7.14. The SMILES string of the molecule is O=C(CC1CCCN1)N(Cc1ccc2c(c1)CCO2)C1CCCC1.